The molecule has 0 aromatic heterocycles. The van der Waals surface area contributed by atoms with Gasteiger partial charge < -0.3 is 15.2 Å². The number of aryl methyl sites for hydroxylation is 2. The van der Waals surface area contributed by atoms with Gasteiger partial charge in [0.05, 0.1) is 7.11 Å². The highest BCUT2D eigenvalue weighted by Gasteiger charge is 2.18. The number of aliphatic hydroxyl groups is 1. The Morgan fingerprint density at radius 2 is 1.76 bits per heavy atom. The van der Waals surface area contributed by atoms with E-state index < -0.39 is 18.1 Å². The molecule has 0 spiro atoms. The van der Waals surface area contributed by atoms with Crippen molar-refractivity contribution in [3.63, 3.8) is 0 Å². The number of esters is 1. The zero-order chi connectivity index (χ0) is 13.0. The maximum atomic E-state index is 11.7. The average Bonchev–Trinajstić information content (AvgIpc) is 2.26. The predicted molar refractivity (Wildman–Crippen MR) is 61.4 cm³/mol. The van der Waals surface area contributed by atoms with Crippen LogP contribution in [-0.4, -0.2) is 30.3 Å². The topological polar surface area (TPSA) is 75.6 Å². The van der Waals surface area contributed by atoms with E-state index in [1.807, 2.05) is 19.9 Å². The van der Waals surface area contributed by atoms with Crippen LogP contribution in [0.3, 0.4) is 0 Å². The number of nitrogens with one attached hydrogen (secondary N) is 1. The molecule has 0 aliphatic heterocycles. The van der Waals surface area contributed by atoms with Gasteiger partial charge in [0.1, 0.15) is 0 Å². The van der Waals surface area contributed by atoms with E-state index in [0.29, 0.717) is 5.56 Å². The number of aliphatic hydroxyl groups excluding tert-OH is 1. The smallest absolute Gasteiger partial charge is 0.356 e. The van der Waals surface area contributed by atoms with Crippen molar-refractivity contribution in [3.05, 3.63) is 34.9 Å². The molecule has 0 saturated heterocycles. The molecule has 5 heteroatoms. The van der Waals surface area contributed by atoms with Crippen LogP contribution in [0.2, 0.25) is 0 Å². The van der Waals surface area contributed by atoms with Gasteiger partial charge in [-0.3, -0.25) is 4.79 Å². The molecule has 1 amide bonds. The zero-order valence-electron chi connectivity index (χ0n) is 9.98. The number of hydrogen-bond acceptors (Lipinski definition) is 4. The lowest BCUT2D eigenvalue weighted by molar-refractivity contribution is -0.151. The first-order valence-electron chi connectivity index (χ1n) is 5.09. The second kappa shape index (κ2) is 5.45. The number of hydrogen-bond donors (Lipinski definition) is 2. The van der Waals surface area contributed by atoms with Crippen molar-refractivity contribution in [2.75, 3.05) is 7.11 Å². The molecule has 1 atom stereocenters. The molecule has 5 nitrogen and oxygen atoms in total. The van der Waals surface area contributed by atoms with Crippen LogP contribution in [0.25, 0.3) is 0 Å². The Bertz CT molecular complexity index is 422. The first kappa shape index (κ1) is 13.2. The third-order valence-corrected chi connectivity index (χ3v) is 2.18. The van der Waals surface area contributed by atoms with Crippen molar-refractivity contribution < 1.29 is 19.4 Å². The Morgan fingerprint density at radius 3 is 2.24 bits per heavy atom. The summed E-state index contributed by atoms with van der Waals surface area (Å²) < 4.78 is 4.29. The van der Waals surface area contributed by atoms with Crippen LogP contribution >= 0.6 is 0 Å². The Morgan fingerprint density at radius 1 is 1.24 bits per heavy atom. The van der Waals surface area contributed by atoms with Crippen molar-refractivity contribution in [1.29, 1.82) is 0 Å². The molecule has 0 saturated carbocycles. The fraction of sp³-hybridized carbons (Fsp3) is 0.333. The molecule has 0 aliphatic carbocycles. The molecule has 0 radical (unpaired) electrons. The van der Waals surface area contributed by atoms with Gasteiger partial charge in [-0.2, -0.15) is 0 Å². The van der Waals surface area contributed by atoms with E-state index in [-0.39, 0.29) is 0 Å². The van der Waals surface area contributed by atoms with E-state index in [4.69, 9.17) is 0 Å². The Kier molecular flexibility index (Phi) is 4.23. The summed E-state index contributed by atoms with van der Waals surface area (Å²) in [6.45, 7) is 3.72. The third-order valence-electron chi connectivity index (χ3n) is 2.18. The molecular weight excluding hydrogens is 222 g/mol. The van der Waals surface area contributed by atoms with E-state index in [0.717, 1.165) is 18.2 Å². The van der Waals surface area contributed by atoms with Crippen molar-refractivity contribution in [3.8, 4) is 0 Å². The van der Waals surface area contributed by atoms with Gasteiger partial charge in [0.25, 0.3) is 5.91 Å². The van der Waals surface area contributed by atoms with Crippen LogP contribution in [0.4, 0.5) is 0 Å². The molecule has 1 rings (SSSR count). The summed E-state index contributed by atoms with van der Waals surface area (Å²) in [7, 11) is 1.13. The Labute approximate surface area is 99.4 Å². The SMILES string of the molecule is COC(=O)C(O)NC(=O)c1cc(C)cc(C)c1. The zero-order valence-corrected chi connectivity index (χ0v) is 9.98. The van der Waals surface area contributed by atoms with E-state index in [2.05, 4.69) is 10.1 Å². The van der Waals surface area contributed by atoms with E-state index in [1.54, 1.807) is 12.1 Å². The summed E-state index contributed by atoms with van der Waals surface area (Å²) in [5.41, 5.74) is 2.26. The molecule has 1 aromatic rings. The summed E-state index contributed by atoms with van der Waals surface area (Å²) in [4.78, 5) is 22.6. The van der Waals surface area contributed by atoms with Crippen LogP contribution in [0, 0.1) is 13.8 Å². The Balaban J connectivity index is 2.79. The fourth-order valence-electron chi connectivity index (χ4n) is 1.48. The largest absolute Gasteiger partial charge is 0.466 e. The molecule has 1 unspecified atom stereocenters. The quantitative estimate of drug-likeness (QED) is 0.593. The van der Waals surface area contributed by atoms with E-state index in [1.165, 1.54) is 0 Å². The molecule has 0 fully saturated rings. The van der Waals surface area contributed by atoms with Crippen LogP contribution in [0.15, 0.2) is 18.2 Å². The van der Waals surface area contributed by atoms with Crippen molar-refractivity contribution in [1.82, 2.24) is 5.32 Å². The minimum Gasteiger partial charge on any atom is -0.466 e. The molecular formula is C12H15NO4. The molecule has 0 bridgehead atoms. The molecule has 2 N–H and O–H groups in total. The number of benzene rings is 1. The van der Waals surface area contributed by atoms with Gasteiger partial charge in [0, 0.05) is 5.56 Å². The second-order valence-electron chi connectivity index (χ2n) is 3.78. The van der Waals surface area contributed by atoms with Gasteiger partial charge in [-0.25, -0.2) is 4.79 Å². The Hall–Kier alpha value is -1.88. The molecule has 0 heterocycles. The van der Waals surface area contributed by atoms with Crippen molar-refractivity contribution in [2.45, 2.75) is 20.1 Å². The maximum Gasteiger partial charge on any atom is 0.356 e. The van der Waals surface area contributed by atoms with Gasteiger partial charge in [0.15, 0.2) is 0 Å². The minimum atomic E-state index is -1.65. The van der Waals surface area contributed by atoms with Crippen LogP contribution in [-0.2, 0) is 9.53 Å². The lowest BCUT2D eigenvalue weighted by Crippen LogP contribution is -2.41. The number of rotatable bonds is 3. The van der Waals surface area contributed by atoms with Crippen molar-refractivity contribution >= 4 is 11.9 Å². The van der Waals surface area contributed by atoms with Gasteiger partial charge in [-0.15, -0.1) is 0 Å². The maximum absolute atomic E-state index is 11.7. The van der Waals surface area contributed by atoms with E-state index >= 15 is 0 Å². The van der Waals surface area contributed by atoms with E-state index in [9.17, 15) is 14.7 Å². The summed E-state index contributed by atoms with van der Waals surface area (Å²) >= 11 is 0. The number of carbonyl (C=O) groups is 2. The summed E-state index contributed by atoms with van der Waals surface area (Å²) in [5, 5.41) is 11.4. The lowest BCUT2D eigenvalue weighted by Gasteiger charge is -2.11. The summed E-state index contributed by atoms with van der Waals surface area (Å²) in [6, 6.07) is 5.27. The molecule has 0 aliphatic rings. The highest BCUT2D eigenvalue weighted by atomic mass is 16.5. The predicted octanol–water partition coefficient (Wildman–Crippen LogP) is 0.525. The number of methoxy groups -OCH3 is 1. The first-order chi connectivity index (χ1) is 7.93. The lowest BCUT2D eigenvalue weighted by atomic mass is 10.1. The van der Waals surface area contributed by atoms with Crippen LogP contribution in [0.5, 0.6) is 0 Å². The van der Waals surface area contributed by atoms with Crippen molar-refractivity contribution in [2.24, 2.45) is 0 Å². The second-order valence-corrected chi connectivity index (χ2v) is 3.78. The minimum absolute atomic E-state index is 0.394. The van der Waals surface area contributed by atoms with Gasteiger partial charge >= 0.3 is 5.97 Å². The molecule has 92 valence electrons. The average molecular weight is 237 g/mol. The normalized spacial score (nSPS) is 11.8. The molecule has 1 aromatic carbocycles. The number of amides is 1. The summed E-state index contributed by atoms with van der Waals surface area (Å²) in [5.74, 6) is -1.42. The molecule has 17 heavy (non-hydrogen) atoms. The summed E-state index contributed by atoms with van der Waals surface area (Å²) in [6.07, 6.45) is -1.65. The van der Waals surface area contributed by atoms with Gasteiger partial charge in [0.2, 0.25) is 6.23 Å². The number of ether oxygens (including phenoxy) is 1. The first-order valence-corrected chi connectivity index (χ1v) is 5.09. The monoisotopic (exact) mass is 237 g/mol. The number of carbonyl (C=O) groups excluding carboxylic acids is 2. The van der Waals surface area contributed by atoms with Gasteiger partial charge in [-0.05, 0) is 26.0 Å². The highest BCUT2D eigenvalue weighted by molar-refractivity contribution is 5.96. The standard InChI is InChI=1S/C12H15NO4/c1-7-4-8(2)6-9(5-7)10(14)13-11(15)12(16)17-3/h4-6,11,15H,1-3H3,(H,13,14). The third kappa shape index (κ3) is 3.57. The van der Waals surface area contributed by atoms with Gasteiger partial charge in [-0.1, -0.05) is 17.2 Å². The highest BCUT2D eigenvalue weighted by Crippen LogP contribution is 2.08. The van der Waals surface area contributed by atoms with Crippen LogP contribution in [0.1, 0.15) is 21.5 Å². The van der Waals surface area contributed by atoms with Crippen LogP contribution < -0.4 is 5.32 Å². The fourth-order valence-corrected chi connectivity index (χ4v) is 1.48.